The van der Waals surface area contributed by atoms with Crippen molar-refractivity contribution in [2.24, 2.45) is 41.4 Å². The van der Waals surface area contributed by atoms with Gasteiger partial charge in [-0.1, -0.05) is 0 Å². The third kappa shape index (κ3) is 2.02. The molecule has 0 aromatic carbocycles. The minimum absolute atomic E-state index is 0.0272. The molecule has 0 aromatic heterocycles. The molecule has 4 fully saturated rings. The van der Waals surface area contributed by atoms with E-state index in [2.05, 4.69) is 0 Å². The van der Waals surface area contributed by atoms with Gasteiger partial charge in [0.15, 0.2) is 0 Å². The lowest BCUT2D eigenvalue weighted by atomic mass is 9.64. The van der Waals surface area contributed by atoms with Crippen LogP contribution in [0.1, 0.15) is 32.1 Å². The maximum absolute atomic E-state index is 15.2. The largest absolute Gasteiger partial charge is 0.429 e. The average molecular weight is 390 g/mol. The van der Waals surface area contributed by atoms with Crippen LogP contribution in [-0.2, 0) is 9.84 Å². The predicted molar refractivity (Wildman–Crippen MR) is 77.2 cm³/mol. The number of hydrogen-bond acceptors (Lipinski definition) is 2. The molecule has 8 atom stereocenters. The second kappa shape index (κ2) is 4.87. The fourth-order valence-corrected chi connectivity index (χ4v) is 7.69. The lowest BCUT2D eigenvalue weighted by molar-refractivity contribution is -0.305. The number of fused-ring (bicyclic) bond motifs is 9. The zero-order valence-corrected chi connectivity index (χ0v) is 14.4. The van der Waals surface area contributed by atoms with Crippen LogP contribution in [0.5, 0.6) is 0 Å². The highest BCUT2D eigenvalue weighted by molar-refractivity contribution is 7.91. The zero-order chi connectivity index (χ0) is 18.6. The van der Waals surface area contributed by atoms with E-state index < -0.39 is 38.8 Å². The van der Waals surface area contributed by atoms with Crippen LogP contribution in [0.25, 0.3) is 0 Å². The number of hydrogen-bond donors (Lipinski definition) is 0. The van der Waals surface area contributed by atoms with Gasteiger partial charge in [0.2, 0.25) is 9.84 Å². The molecule has 0 aliphatic heterocycles. The normalized spacial score (nSPS) is 45.6. The van der Waals surface area contributed by atoms with Gasteiger partial charge in [-0.05, 0) is 67.6 Å². The molecule has 0 spiro atoms. The van der Waals surface area contributed by atoms with Crippen molar-refractivity contribution in [2.75, 3.05) is 6.26 Å². The summed E-state index contributed by atoms with van der Waals surface area (Å²) in [6.07, 6.45) is -3.19. The SMILES string of the molecule is CS(=O)(=O)C(F)(F)C(F)(C1CC2CC1C1C3CCC(C3)C21)C(F)(F)F. The Morgan fingerprint density at radius 3 is 1.88 bits per heavy atom. The van der Waals surface area contributed by atoms with Crippen molar-refractivity contribution in [1.29, 1.82) is 0 Å². The summed E-state index contributed by atoms with van der Waals surface area (Å²) in [5.74, 6) is -2.33. The van der Waals surface area contributed by atoms with Gasteiger partial charge in [-0.25, -0.2) is 12.8 Å². The molecule has 8 unspecified atom stereocenters. The molecule has 9 heteroatoms. The first-order valence-electron chi connectivity index (χ1n) is 8.63. The van der Waals surface area contributed by atoms with E-state index in [1.807, 2.05) is 0 Å². The molecule has 4 aliphatic carbocycles. The van der Waals surface area contributed by atoms with Gasteiger partial charge in [0, 0.05) is 12.2 Å². The van der Waals surface area contributed by atoms with Crippen LogP contribution in [0.4, 0.5) is 26.3 Å². The van der Waals surface area contributed by atoms with Gasteiger partial charge in [0.05, 0.1) is 0 Å². The second-order valence-corrected chi connectivity index (χ2v) is 10.5. The highest BCUT2D eigenvalue weighted by atomic mass is 32.2. The average Bonchev–Trinajstić information content (AvgIpc) is 3.21. The summed E-state index contributed by atoms with van der Waals surface area (Å²) in [7, 11) is -5.56. The van der Waals surface area contributed by atoms with Crippen LogP contribution in [0.3, 0.4) is 0 Å². The summed E-state index contributed by atoms with van der Waals surface area (Å²) in [5.41, 5.74) is -5.03. The molecule has 2 nitrogen and oxygen atoms in total. The van der Waals surface area contributed by atoms with Crippen LogP contribution in [-0.4, -0.2) is 31.8 Å². The molecule has 0 heterocycles. The quantitative estimate of drug-likeness (QED) is 0.534. The van der Waals surface area contributed by atoms with Gasteiger partial charge in [-0.3, -0.25) is 0 Å². The maximum Gasteiger partial charge on any atom is 0.429 e. The Bertz CT molecular complexity index is 689. The zero-order valence-electron chi connectivity index (χ0n) is 13.6. The smallest absolute Gasteiger partial charge is 0.225 e. The van der Waals surface area contributed by atoms with E-state index in [0.717, 1.165) is 19.3 Å². The Kier molecular flexibility index (Phi) is 3.49. The van der Waals surface area contributed by atoms with Gasteiger partial charge in [0.25, 0.3) is 5.67 Å². The van der Waals surface area contributed by atoms with Crippen molar-refractivity contribution in [3.05, 3.63) is 0 Å². The minimum Gasteiger partial charge on any atom is -0.225 e. The topological polar surface area (TPSA) is 34.1 Å². The molecule has 4 aliphatic rings. The maximum atomic E-state index is 15.2. The van der Waals surface area contributed by atoms with E-state index in [0.29, 0.717) is 12.3 Å². The van der Waals surface area contributed by atoms with Crippen molar-refractivity contribution in [3.8, 4) is 0 Å². The van der Waals surface area contributed by atoms with E-state index in [4.69, 9.17) is 0 Å². The number of halogens is 6. The van der Waals surface area contributed by atoms with Gasteiger partial charge < -0.3 is 0 Å². The van der Waals surface area contributed by atoms with E-state index >= 15 is 4.39 Å². The van der Waals surface area contributed by atoms with Crippen LogP contribution in [0.2, 0.25) is 0 Å². The summed E-state index contributed by atoms with van der Waals surface area (Å²) in [6, 6.07) is 0. The Hall–Kier alpha value is -0.470. The van der Waals surface area contributed by atoms with Gasteiger partial charge in [-0.2, -0.15) is 22.0 Å². The highest BCUT2D eigenvalue weighted by Gasteiger charge is 2.82. The predicted octanol–water partition coefficient (Wildman–Crippen LogP) is 4.21. The summed E-state index contributed by atoms with van der Waals surface area (Å²) in [4.78, 5) is 0. The first-order valence-corrected chi connectivity index (χ1v) is 10.5. The van der Waals surface area contributed by atoms with E-state index in [1.165, 1.54) is 0 Å². The Morgan fingerprint density at radius 1 is 0.800 bits per heavy atom. The molecule has 0 radical (unpaired) electrons. The summed E-state index contributed by atoms with van der Waals surface area (Å²) >= 11 is 0. The fourth-order valence-electron chi connectivity index (χ4n) is 6.88. The van der Waals surface area contributed by atoms with Crippen molar-refractivity contribution < 1.29 is 34.8 Å². The lowest BCUT2D eigenvalue weighted by Crippen LogP contribution is -2.64. The fraction of sp³-hybridized carbons (Fsp3) is 1.00. The van der Waals surface area contributed by atoms with E-state index in [1.54, 1.807) is 0 Å². The van der Waals surface area contributed by atoms with Crippen molar-refractivity contribution >= 4 is 9.84 Å². The molecule has 4 bridgehead atoms. The van der Waals surface area contributed by atoms with Gasteiger partial charge >= 0.3 is 11.4 Å². The van der Waals surface area contributed by atoms with Crippen molar-refractivity contribution in [1.82, 2.24) is 0 Å². The van der Waals surface area contributed by atoms with Crippen LogP contribution >= 0.6 is 0 Å². The summed E-state index contributed by atoms with van der Waals surface area (Å²) in [6.45, 7) is 0. The van der Waals surface area contributed by atoms with Crippen LogP contribution in [0.15, 0.2) is 0 Å². The first-order chi connectivity index (χ1) is 11.3. The minimum atomic E-state index is -5.94. The van der Waals surface area contributed by atoms with Crippen molar-refractivity contribution in [2.45, 2.75) is 49.2 Å². The highest BCUT2D eigenvalue weighted by Crippen LogP contribution is 2.72. The molecular formula is C16H20F6O2S. The van der Waals surface area contributed by atoms with Gasteiger partial charge in [-0.15, -0.1) is 0 Å². The Morgan fingerprint density at radius 2 is 1.36 bits per heavy atom. The molecule has 4 saturated carbocycles. The van der Waals surface area contributed by atoms with Crippen molar-refractivity contribution in [3.63, 3.8) is 0 Å². The molecule has 4 rings (SSSR count). The number of rotatable bonds is 3. The molecule has 0 saturated heterocycles. The first kappa shape index (κ1) is 17.9. The molecule has 25 heavy (non-hydrogen) atoms. The Labute approximate surface area is 142 Å². The molecule has 0 N–H and O–H groups in total. The van der Waals surface area contributed by atoms with Crippen LogP contribution < -0.4 is 0 Å². The van der Waals surface area contributed by atoms with Gasteiger partial charge in [0.1, 0.15) is 0 Å². The second-order valence-electron chi connectivity index (χ2n) is 8.49. The van der Waals surface area contributed by atoms with Crippen LogP contribution in [0, 0.1) is 41.4 Å². The Balaban J connectivity index is 1.76. The molecule has 0 amide bonds. The number of sulfone groups is 1. The molecule has 144 valence electrons. The lowest BCUT2D eigenvalue weighted by Gasteiger charge is -2.46. The third-order valence-corrected chi connectivity index (χ3v) is 8.78. The standard InChI is InChI=1S/C16H20F6O2S/c1-25(23,24)16(21,22)14(17,15(18,19)20)11-6-9-5-10(11)13-8-3-2-7(4-8)12(9)13/h7-13H,2-6H2,1H3. The summed E-state index contributed by atoms with van der Waals surface area (Å²) in [5, 5.41) is -5.49. The monoisotopic (exact) mass is 390 g/mol. The van der Waals surface area contributed by atoms with E-state index in [9.17, 15) is 30.4 Å². The summed E-state index contributed by atoms with van der Waals surface area (Å²) < 4.78 is 107. The van der Waals surface area contributed by atoms with E-state index in [-0.39, 0.29) is 36.3 Å². The molecule has 0 aromatic rings. The third-order valence-electron chi connectivity index (χ3n) is 7.55. The molecular weight excluding hydrogens is 370 g/mol. The number of alkyl halides is 6.